The standard InChI is InChI=1S/C35H41FN6O3/c1-18-11-25-31(28(36)27(18)24-14-22(43)12-19-9-7-8-10-23(19)24)39-33(41-16-21(17-41)40(5)6)29(37)32(25)38-30-20-13-26(30)42(15-20)34(44)45-35(2,3)4/h7-12,14,20-21,26,30,43H,13,15-17,37H2,1-6H3,(H,38,39). The SMILES string of the molecule is Cc1cc2c(NC3C4CC3N(C(=O)OC(C)(C)C)C4)c(N)c(N3CC(N(C)C)C3)nc2c(F)c1-c1cc(O)cc2ccccc12. The van der Waals surface area contributed by atoms with E-state index in [1.54, 1.807) is 12.1 Å². The lowest BCUT2D eigenvalue weighted by Crippen LogP contribution is -2.58. The maximum absolute atomic E-state index is 17.0. The van der Waals surface area contributed by atoms with Gasteiger partial charge in [-0.3, -0.25) is 0 Å². The number of hydrogen-bond acceptors (Lipinski definition) is 8. The van der Waals surface area contributed by atoms with Crippen LogP contribution in [-0.4, -0.2) is 83.4 Å². The highest BCUT2D eigenvalue weighted by Gasteiger charge is 2.55. The highest BCUT2D eigenvalue weighted by molar-refractivity contribution is 6.06. The molecule has 4 fully saturated rings. The van der Waals surface area contributed by atoms with Gasteiger partial charge in [-0.15, -0.1) is 0 Å². The van der Waals surface area contributed by atoms with Crippen LogP contribution < -0.4 is 16.0 Å². The van der Waals surface area contributed by atoms with E-state index in [1.807, 2.05) is 77.0 Å². The highest BCUT2D eigenvalue weighted by atomic mass is 19.1. The number of amides is 1. The third-order valence-electron chi connectivity index (χ3n) is 9.68. The molecule has 9 nitrogen and oxygen atoms in total. The first-order valence-electron chi connectivity index (χ1n) is 15.6. The summed E-state index contributed by atoms with van der Waals surface area (Å²) in [6.45, 7) is 9.54. The average Bonchev–Trinajstić information content (AvgIpc) is 3.52. The van der Waals surface area contributed by atoms with Crippen molar-refractivity contribution in [2.75, 3.05) is 49.7 Å². The molecule has 236 valence electrons. The van der Waals surface area contributed by atoms with Crippen LogP contribution in [0.25, 0.3) is 32.8 Å². The zero-order valence-corrected chi connectivity index (χ0v) is 26.7. The number of carbonyl (C=O) groups excluding carboxylic acids is 1. The van der Waals surface area contributed by atoms with Crippen LogP contribution in [0.1, 0.15) is 32.8 Å². The molecule has 4 N–H and O–H groups in total. The van der Waals surface area contributed by atoms with Crippen LogP contribution in [0.15, 0.2) is 42.5 Å². The van der Waals surface area contributed by atoms with Crippen LogP contribution in [0.3, 0.4) is 0 Å². The van der Waals surface area contributed by atoms with Gasteiger partial charge in [-0.25, -0.2) is 14.2 Å². The molecule has 10 heteroatoms. The number of anilines is 3. The summed E-state index contributed by atoms with van der Waals surface area (Å²) in [6, 6.07) is 13.2. The number of likely N-dealkylation sites (N-methyl/N-ethyl adjacent to an activating group) is 1. The van der Waals surface area contributed by atoms with Crippen molar-refractivity contribution in [3.05, 3.63) is 53.8 Å². The van der Waals surface area contributed by atoms with E-state index in [0.29, 0.717) is 51.9 Å². The number of phenols is 1. The Morgan fingerprint density at radius 2 is 1.87 bits per heavy atom. The Morgan fingerprint density at radius 3 is 2.58 bits per heavy atom. The van der Waals surface area contributed by atoms with Crippen LogP contribution in [0.2, 0.25) is 0 Å². The molecule has 1 aromatic heterocycles. The molecule has 3 atom stereocenters. The molecule has 1 aliphatic carbocycles. The minimum Gasteiger partial charge on any atom is -0.508 e. The number of rotatable bonds is 5. The van der Waals surface area contributed by atoms with Crippen molar-refractivity contribution in [2.24, 2.45) is 5.92 Å². The summed E-state index contributed by atoms with van der Waals surface area (Å²) in [5.41, 5.74) is 9.37. The summed E-state index contributed by atoms with van der Waals surface area (Å²) in [6.07, 6.45) is 0.568. The number of aromatic hydroxyl groups is 1. The van der Waals surface area contributed by atoms with Gasteiger partial charge in [0.15, 0.2) is 11.6 Å². The zero-order chi connectivity index (χ0) is 31.9. The molecule has 0 spiro atoms. The van der Waals surface area contributed by atoms with Crippen molar-refractivity contribution in [1.82, 2.24) is 14.8 Å². The van der Waals surface area contributed by atoms with Gasteiger partial charge in [-0.05, 0) is 88.3 Å². The van der Waals surface area contributed by atoms with Gasteiger partial charge in [0.05, 0.1) is 23.5 Å². The molecule has 45 heavy (non-hydrogen) atoms. The third-order valence-corrected chi connectivity index (χ3v) is 9.68. The predicted molar refractivity (Wildman–Crippen MR) is 177 cm³/mol. The molecule has 3 saturated heterocycles. The molecule has 4 heterocycles. The quantitative estimate of drug-likeness (QED) is 0.254. The molecule has 4 aromatic rings. The molecule has 8 rings (SSSR count). The van der Waals surface area contributed by atoms with Gasteiger partial charge in [0.1, 0.15) is 16.9 Å². The lowest BCUT2D eigenvalue weighted by Gasteiger charge is -2.44. The number of ether oxygens (including phenoxy) is 1. The number of nitrogens with zero attached hydrogens (tertiary/aromatic N) is 4. The fourth-order valence-electron chi connectivity index (χ4n) is 7.20. The summed E-state index contributed by atoms with van der Waals surface area (Å²) >= 11 is 0. The van der Waals surface area contributed by atoms with Crippen LogP contribution in [0.5, 0.6) is 5.75 Å². The number of nitrogen functional groups attached to an aromatic ring is 1. The molecule has 0 radical (unpaired) electrons. The van der Waals surface area contributed by atoms with E-state index in [0.717, 1.165) is 30.3 Å². The number of aryl methyl sites for hydroxylation is 1. The lowest BCUT2D eigenvalue weighted by molar-refractivity contribution is 0.0239. The number of carbonyl (C=O) groups is 1. The van der Waals surface area contributed by atoms with Gasteiger partial charge in [0.25, 0.3) is 0 Å². The molecule has 4 aliphatic rings. The average molecular weight is 613 g/mol. The van der Waals surface area contributed by atoms with Crippen LogP contribution in [0, 0.1) is 18.7 Å². The second kappa shape index (κ2) is 10.4. The summed E-state index contributed by atoms with van der Waals surface area (Å²) in [5, 5.41) is 16.5. The largest absolute Gasteiger partial charge is 0.508 e. The zero-order valence-electron chi connectivity index (χ0n) is 26.7. The van der Waals surface area contributed by atoms with Gasteiger partial charge < -0.3 is 35.6 Å². The van der Waals surface area contributed by atoms with E-state index in [1.165, 1.54) is 0 Å². The number of nitrogens with two attached hydrogens (primary N) is 1. The molecule has 3 aliphatic heterocycles. The Balaban J connectivity index is 1.34. The van der Waals surface area contributed by atoms with E-state index in [2.05, 4.69) is 15.1 Å². The minimum atomic E-state index is -0.580. The Kier molecular flexibility index (Phi) is 6.78. The first-order chi connectivity index (χ1) is 21.3. The van der Waals surface area contributed by atoms with Gasteiger partial charge in [-0.2, -0.15) is 0 Å². The number of fused-ring (bicyclic) bond motifs is 3. The first kappa shape index (κ1) is 29.4. The van der Waals surface area contributed by atoms with Crippen molar-refractivity contribution >= 4 is 45.0 Å². The van der Waals surface area contributed by atoms with E-state index >= 15 is 4.39 Å². The number of aromatic nitrogens is 1. The van der Waals surface area contributed by atoms with E-state index < -0.39 is 11.4 Å². The number of pyridine rings is 1. The number of benzene rings is 3. The van der Waals surface area contributed by atoms with Gasteiger partial charge in [0.2, 0.25) is 0 Å². The molecular weight excluding hydrogens is 571 g/mol. The van der Waals surface area contributed by atoms with E-state index in [9.17, 15) is 9.90 Å². The van der Waals surface area contributed by atoms with Crippen molar-refractivity contribution in [3.8, 4) is 16.9 Å². The van der Waals surface area contributed by atoms with Gasteiger partial charge in [0, 0.05) is 42.5 Å². The van der Waals surface area contributed by atoms with Gasteiger partial charge in [-0.1, -0.05) is 24.3 Å². The Morgan fingerprint density at radius 1 is 1.13 bits per heavy atom. The Hall–Kier alpha value is -4.31. The Labute approximate surface area is 262 Å². The van der Waals surface area contributed by atoms with Crippen molar-refractivity contribution in [2.45, 2.75) is 57.8 Å². The van der Waals surface area contributed by atoms with Crippen LogP contribution in [0.4, 0.5) is 26.4 Å². The second-order valence-electron chi connectivity index (χ2n) is 14.1. The van der Waals surface area contributed by atoms with Crippen LogP contribution in [-0.2, 0) is 4.74 Å². The van der Waals surface area contributed by atoms with E-state index in [-0.39, 0.29) is 35.4 Å². The Bertz CT molecular complexity index is 1850. The van der Waals surface area contributed by atoms with Crippen molar-refractivity contribution in [1.29, 1.82) is 0 Å². The van der Waals surface area contributed by atoms with E-state index in [4.69, 9.17) is 15.5 Å². The van der Waals surface area contributed by atoms with Crippen molar-refractivity contribution < 1.29 is 19.0 Å². The lowest BCUT2D eigenvalue weighted by atomic mass is 9.79. The normalized spacial score (nSPS) is 21.4. The first-order valence-corrected chi connectivity index (χ1v) is 15.6. The van der Waals surface area contributed by atoms with Gasteiger partial charge >= 0.3 is 6.09 Å². The number of hydrogen-bond donors (Lipinski definition) is 3. The molecular formula is C35H41FN6O3. The predicted octanol–water partition coefficient (Wildman–Crippen LogP) is 5.96. The fraction of sp³-hybridized carbons (Fsp3) is 0.429. The molecule has 3 unspecified atom stereocenters. The number of halogens is 1. The summed E-state index contributed by atoms with van der Waals surface area (Å²) in [5.74, 6) is 0.399. The maximum Gasteiger partial charge on any atom is 0.410 e. The number of phenolic OH excluding ortho intramolecular Hbond substituents is 1. The summed E-state index contributed by atoms with van der Waals surface area (Å²) < 4.78 is 22.7. The molecule has 3 aromatic carbocycles. The molecule has 2 bridgehead atoms. The topological polar surface area (TPSA) is 107 Å². The second-order valence-corrected chi connectivity index (χ2v) is 14.1. The third kappa shape index (κ3) is 4.86. The maximum atomic E-state index is 17.0. The minimum absolute atomic E-state index is 0.0396. The molecule has 1 amide bonds. The summed E-state index contributed by atoms with van der Waals surface area (Å²) in [7, 11) is 4.09. The van der Waals surface area contributed by atoms with Crippen LogP contribution >= 0.6 is 0 Å². The highest BCUT2D eigenvalue weighted by Crippen LogP contribution is 2.48. The fourth-order valence-corrected chi connectivity index (χ4v) is 7.20. The molecule has 1 saturated carbocycles. The summed E-state index contributed by atoms with van der Waals surface area (Å²) in [4.78, 5) is 23.9. The number of nitrogens with one attached hydrogen (secondary N) is 1. The monoisotopic (exact) mass is 612 g/mol. The smallest absolute Gasteiger partial charge is 0.410 e. The van der Waals surface area contributed by atoms with Crippen molar-refractivity contribution in [3.63, 3.8) is 0 Å².